The molecule has 2 heterocycles. The van der Waals surface area contributed by atoms with Crippen molar-refractivity contribution in [1.82, 2.24) is 19.8 Å². The fraction of sp³-hybridized carbons (Fsp3) is 0.500. The maximum absolute atomic E-state index is 13.1. The summed E-state index contributed by atoms with van der Waals surface area (Å²) in [5, 5.41) is 2.95. The minimum atomic E-state index is -0.187. The summed E-state index contributed by atoms with van der Waals surface area (Å²) in [6, 6.07) is 9.89. The van der Waals surface area contributed by atoms with Crippen LogP contribution in [0.2, 0.25) is 0 Å². The van der Waals surface area contributed by atoms with Crippen LogP contribution in [-0.2, 0) is 19.5 Å². The fourth-order valence-corrected chi connectivity index (χ4v) is 3.55. The van der Waals surface area contributed by atoms with Crippen molar-refractivity contribution in [2.75, 3.05) is 13.6 Å². The highest BCUT2D eigenvalue weighted by molar-refractivity contribution is 5.97. The largest absolute Gasteiger partial charge is 0.349 e. The van der Waals surface area contributed by atoms with Crippen LogP contribution >= 0.6 is 0 Å². The van der Waals surface area contributed by atoms with E-state index in [1.54, 1.807) is 11.9 Å². The lowest BCUT2D eigenvalue weighted by Crippen LogP contribution is -2.29. The van der Waals surface area contributed by atoms with E-state index in [1.165, 1.54) is 0 Å². The minimum Gasteiger partial charge on any atom is -0.349 e. The number of carbonyl (C=O) groups is 2. The molecule has 1 aliphatic rings. The first-order valence-electron chi connectivity index (χ1n) is 10.1. The predicted octanol–water partition coefficient (Wildman–Crippen LogP) is 3.27. The Labute approximate surface area is 166 Å². The predicted molar refractivity (Wildman–Crippen MR) is 109 cm³/mol. The summed E-state index contributed by atoms with van der Waals surface area (Å²) in [6.45, 7) is 6.13. The number of aromatic nitrogens is 2. The lowest BCUT2D eigenvalue weighted by molar-refractivity contribution is 0.0778. The fourth-order valence-electron chi connectivity index (χ4n) is 3.55. The molecule has 0 bridgehead atoms. The van der Waals surface area contributed by atoms with Crippen molar-refractivity contribution >= 4 is 11.8 Å². The van der Waals surface area contributed by atoms with E-state index in [-0.39, 0.29) is 11.8 Å². The Morgan fingerprint density at radius 2 is 1.96 bits per heavy atom. The van der Waals surface area contributed by atoms with E-state index >= 15 is 0 Å². The van der Waals surface area contributed by atoms with Crippen LogP contribution in [0, 0.1) is 5.92 Å². The highest BCUT2D eigenvalue weighted by Gasteiger charge is 2.28. The molecule has 1 aromatic heterocycles. The first kappa shape index (κ1) is 20.1. The summed E-state index contributed by atoms with van der Waals surface area (Å²) in [7, 11) is 1.78. The molecule has 3 rings (SSSR count). The molecule has 1 aromatic carbocycles. The minimum absolute atomic E-state index is 0.129. The van der Waals surface area contributed by atoms with Crippen molar-refractivity contribution < 1.29 is 9.59 Å². The van der Waals surface area contributed by atoms with Gasteiger partial charge in [0.25, 0.3) is 11.8 Å². The number of hydrogen-bond donors (Lipinski definition) is 1. The van der Waals surface area contributed by atoms with Gasteiger partial charge in [-0.3, -0.25) is 9.59 Å². The first-order chi connectivity index (χ1) is 13.5. The molecular formula is C22H30N4O2. The van der Waals surface area contributed by atoms with Gasteiger partial charge in [0.1, 0.15) is 5.69 Å². The molecule has 28 heavy (non-hydrogen) atoms. The van der Waals surface area contributed by atoms with Crippen LogP contribution in [-0.4, -0.2) is 39.9 Å². The van der Waals surface area contributed by atoms with Crippen molar-refractivity contribution in [2.45, 2.75) is 52.6 Å². The Morgan fingerprint density at radius 1 is 1.21 bits per heavy atom. The SMILES string of the molecule is CC(C)CCNC(=O)c1nc(C(=O)N(C)Cc2ccccc2)c2n1CCCC2. The average Bonchev–Trinajstić information content (AvgIpc) is 3.07. The van der Waals surface area contributed by atoms with Crippen molar-refractivity contribution in [3.8, 4) is 0 Å². The second-order valence-corrected chi connectivity index (χ2v) is 7.92. The summed E-state index contributed by atoms with van der Waals surface area (Å²) in [5.41, 5.74) is 2.38. The molecule has 2 aromatic rings. The second-order valence-electron chi connectivity index (χ2n) is 7.92. The second kappa shape index (κ2) is 9.04. The van der Waals surface area contributed by atoms with Gasteiger partial charge in [0.15, 0.2) is 5.82 Å². The molecule has 1 aliphatic heterocycles. The van der Waals surface area contributed by atoms with Gasteiger partial charge in [0.05, 0.1) is 5.69 Å². The molecule has 0 atom stereocenters. The standard InChI is InChI=1S/C22H30N4O2/c1-16(2)12-13-23-21(27)20-24-19(18-11-7-8-14-26(18)20)22(28)25(3)15-17-9-5-4-6-10-17/h4-6,9-10,16H,7-8,11-15H2,1-3H3,(H,23,27). The van der Waals surface area contributed by atoms with Gasteiger partial charge in [-0.2, -0.15) is 0 Å². The molecule has 0 unspecified atom stereocenters. The third kappa shape index (κ3) is 4.61. The van der Waals surface area contributed by atoms with Gasteiger partial charge in [-0.15, -0.1) is 0 Å². The average molecular weight is 383 g/mol. The number of carbonyl (C=O) groups excluding carboxylic acids is 2. The van der Waals surface area contributed by atoms with Crippen LogP contribution in [0.5, 0.6) is 0 Å². The van der Waals surface area contributed by atoms with Crippen LogP contribution in [0.3, 0.4) is 0 Å². The molecule has 6 nitrogen and oxygen atoms in total. The van der Waals surface area contributed by atoms with Gasteiger partial charge in [0, 0.05) is 26.7 Å². The van der Waals surface area contributed by atoms with Crippen molar-refractivity contribution in [3.63, 3.8) is 0 Å². The molecule has 0 saturated carbocycles. The normalized spacial score (nSPS) is 13.3. The van der Waals surface area contributed by atoms with Gasteiger partial charge < -0.3 is 14.8 Å². The van der Waals surface area contributed by atoms with E-state index in [0.29, 0.717) is 30.5 Å². The van der Waals surface area contributed by atoms with E-state index < -0.39 is 0 Å². The molecule has 0 spiro atoms. The van der Waals surface area contributed by atoms with Crippen LogP contribution in [0.4, 0.5) is 0 Å². The summed E-state index contributed by atoms with van der Waals surface area (Å²) >= 11 is 0. The summed E-state index contributed by atoms with van der Waals surface area (Å²) in [4.78, 5) is 31.9. The topological polar surface area (TPSA) is 67.2 Å². The highest BCUT2D eigenvalue weighted by atomic mass is 16.2. The van der Waals surface area contributed by atoms with Gasteiger partial charge in [-0.25, -0.2) is 4.98 Å². The molecule has 2 amide bonds. The molecular weight excluding hydrogens is 352 g/mol. The van der Waals surface area contributed by atoms with Crippen LogP contribution in [0.25, 0.3) is 0 Å². The van der Waals surface area contributed by atoms with E-state index in [2.05, 4.69) is 24.1 Å². The number of nitrogens with one attached hydrogen (secondary N) is 1. The Kier molecular flexibility index (Phi) is 6.49. The summed E-state index contributed by atoms with van der Waals surface area (Å²) in [5.74, 6) is 0.581. The molecule has 0 radical (unpaired) electrons. The number of nitrogens with zero attached hydrogens (tertiary/aromatic N) is 3. The summed E-state index contributed by atoms with van der Waals surface area (Å²) in [6.07, 6.45) is 3.73. The monoisotopic (exact) mass is 382 g/mol. The maximum atomic E-state index is 13.1. The third-order valence-electron chi connectivity index (χ3n) is 5.14. The molecule has 0 saturated heterocycles. The first-order valence-corrected chi connectivity index (χ1v) is 10.1. The Hall–Kier alpha value is -2.63. The quantitative estimate of drug-likeness (QED) is 0.799. The zero-order valence-corrected chi connectivity index (χ0v) is 17.1. The smallest absolute Gasteiger partial charge is 0.287 e. The lowest BCUT2D eigenvalue weighted by atomic mass is 10.1. The number of fused-ring (bicyclic) bond motifs is 1. The highest BCUT2D eigenvalue weighted by Crippen LogP contribution is 2.22. The van der Waals surface area contributed by atoms with Crippen LogP contribution in [0.15, 0.2) is 30.3 Å². The Bertz CT molecular complexity index is 827. The van der Waals surface area contributed by atoms with E-state index in [4.69, 9.17) is 0 Å². The van der Waals surface area contributed by atoms with Gasteiger partial charge in [-0.05, 0) is 37.2 Å². The lowest BCUT2D eigenvalue weighted by Gasteiger charge is -2.19. The molecule has 6 heteroatoms. The van der Waals surface area contributed by atoms with Gasteiger partial charge >= 0.3 is 0 Å². The van der Waals surface area contributed by atoms with Gasteiger partial charge in [-0.1, -0.05) is 44.2 Å². The Morgan fingerprint density at radius 3 is 2.68 bits per heavy atom. The van der Waals surface area contributed by atoms with E-state index in [1.807, 2.05) is 34.9 Å². The van der Waals surface area contributed by atoms with Crippen LogP contribution < -0.4 is 5.32 Å². The zero-order chi connectivity index (χ0) is 20.1. The van der Waals surface area contributed by atoms with E-state index in [0.717, 1.165) is 43.5 Å². The number of benzene rings is 1. The molecule has 0 fully saturated rings. The van der Waals surface area contributed by atoms with Crippen molar-refractivity contribution in [3.05, 3.63) is 53.1 Å². The van der Waals surface area contributed by atoms with E-state index in [9.17, 15) is 9.59 Å². The molecule has 150 valence electrons. The molecule has 1 N–H and O–H groups in total. The number of hydrogen-bond acceptors (Lipinski definition) is 3. The summed E-state index contributed by atoms with van der Waals surface area (Å²) < 4.78 is 1.94. The van der Waals surface area contributed by atoms with Gasteiger partial charge in [0.2, 0.25) is 0 Å². The zero-order valence-electron chi connectivity index (χ0n) is 17.1. The Balaban J connectivity index is 1.79. The number of amides is 2. The van der Waals surface area contributed by atoms with Crippen LogP contribution in [0.1, 0.15) is 65.5 Å². The van der Waals surface area contributed by atoms with Crippen molar-refractivity contribution in [1.29, 1.82) is 0 Å². The number of imidazole rings is 1. The third-order valence-corrected chi connectivity index (χ3v) is 5.14. The number of rotatable bonds is 7. The van der Waals surface area contributed by atoms with Crippen molar-refractivity contribution in [2.24, 2.45) is 5.92 Å². The maximum Gasteiger partial charge on any atom is 0.287 e. The molecule has 0 aliphatic carbocycles.